The number of nitrogens with two attached hydrogens (primary N) is 1. The molecule has 25 heavy (non-hydrogen) atoms. The van der Waals surface area contributed by atoms with Crippen LogP contribution in [0.25, 0.3) is 21.5 Å². The van der Waals surface area contributed by atoms with Gasteiger partial charge in [0.2, 0.25) is 5.82 Å². The Bertz CT molecular complexity index is 1080. The van der Waals surface area contributed by atoms with Crippen molar-refractivity contribution < 1.29 is 4.68 Å². The van der Waals surface area contributed by atoms with E-state index in [1.54, 1.807) is 28.3 Å². The minimum atomic E-state index is 0.312. The fourth-order valence-corrected chi connectivity index (χ4v) is 3.38. The highest BCUT2D eigenvalue weighted by atomic mass is 32.1. The van der Waals surface area contributed by atoms with Crippen molar-refractivity contribution in [2.24, 2.45) is 7.05 Å². The van der Waals surface area contributed by atoms with Gasteiger partial charge in [-0.25, -0.2) is 4.98 Å². The van der Waals surface area contributed by atoms with E-state index in [2.05, 4.69) is 21.2 Å². The molecule has 0 aliphatic rings. The highest BCUT2D eigenvalue weighted by Gasteiger charge is 2.16. The maximum atomic E-state index is 8.43. The van der Waals surface area contributed by atoms with E-state index in [0.717, 1.165) is 27.0 Å². The smallest absolute Gasteiger partial charge is 0.258 e. The molecule has 0 spiro atoms. The van der Waals surface area contributed by atoms with Crippen molar-refractivity contribution in [1.29, 1.82) is 5.41 Å². The molecule has 0 aliphatic heterocycles. The summed E-state index contributed by atoms with van der Waals surface area (Å²) in [7, 11) is 1.85. The molecule has 0 saturated carbocycles. The van der Waals surface area contributed by atoms with Gasteiger partial charge >= 0.3 is 0 Å². The van der Waals surface area contributed by atoms with E-state index >= 15 is 0 Å². The number of nitrogens with one attached hydrogen (secondary N) is 1. The molecule has 4 aromatic rings. The van der Waals surface area contributed by atoms with Crippen LogP contribution < -0.4 is 10.4 Å². The van der Waals surface area contributed by atoms with E-state index in [-0.39, 0.29) is 0 Å². The van der Waals surface area contributed by atoms with Gasteiger partial charge < -0.3 is 5.73 Å². The molecule has 0 fully saturated rings. The zero-order valence-corrected chi connectivity index (χ0v) is 14.4. The first-order valence-corrected chi connectivity index (χ1v) is 8.56. The fourth-order valence-electron chi connectivity index (χ4n) is 2.64. The molecule has 0 saturated heterocycles. The lowest BCUT2D eigenvalue weighted by Gasteiger charge is -2.05. The summed E-state index contributed by atoms with van der Waals surface area (Å²) in [5.74, 6) is 0.739. The summed E-state index contributed by atoms with van der Waals surface area (Å²) >= 11 is 1.59. The summed E-state index contributed by atoms with van der Waals surface area (Å²) in [6.07, 6.45) is 4.06. The quantitative estimate of drug-likeness (QED) is 0.336. The maximum absolute atomic E-state index is 8.43. The molecule has 0 bridgehead atoms. The van der Waals surface area contributed by atoms with Crippen molar-refractivity contribution in [3.05, 3.63) is 53.8 Å². The van der Waals surface area contributed by atoms with Crippen LogP contribution >= 0.6 is 11.3 Å². The van der Waals surface area contributed by atoms with Crippen LogP contribution in [0.2, 0.25) is 0 Å². The molecule has 0 atom stereocenters. The van der Waals surface area contributed by atoms with E-state index in [4.69, 9.17) is 11.1 Å². The van der Waals surface area contributed by atoms with Crippen LogP contribution in [0.4, 0.5) is 5.82 Å². The third-order valence-electron chi connectivity index (χ3n) is 3.89. The summed E-state index contributed by atoms with van der Waals surface area (Å²) in [4.78, 5) is 4.28. The lowest BCUT2D eigenvalue weighted by atomic mass is 10.1. The molecule has 8 heteroatoms. The Labute approximate surface area is 147 Å². The monoisotopic (exact) mass is 350 g/mol. The molecule has 0 unspecified atom stereocenters. The SMILES string of the molecule is Cn1cc(-c2ccc(N)[n+](C(=N)Cc3ccc4ncsc4c3)n2)cn1. The molecule has 0 aliphatic carbocycles. The van der Waals surface area contributed by atoms with Gasteiger partial charge in [0.25, 0.3) is 5.84 Å². The first kappa shape index (κ1) is 15.4. The number of nitrogens with zero attached hydrogens (tertiary/aromatic N) is 5. The van der Waals surface area contributed by atoms with Crippen molar-refractivity contribution in [3.63, 3.8) is 0 Å². The molecule has 3 aromatic heterocycles. The molecular weight excluding hydrogens is 334 g/mol. The third kappa shape index (κ3) is 2.99. The Morgan fingerprint density at radius 3 is 3.00 bits per heavy atom. The zero-order valence-electron chi connectivity index (χ0n) is 13.5. The highest BCUT2D eigenvalue weighted by molar-refractivity contribution is 7.16. The second-order valence-electron chi connectivity index (χ2n) is 5.74. The van der Waals surface area contributed by atoms with Gasteiger partial charge in [0.05, 0.1) is 28.3 Å². The summed E-state index contributed by atoms with van der Waals surface area (Å²) in [5.41, 5.74) is 11.5. The molecule has 0 amide bonds. The Morgan fingerprint density at radius 2 is 2.20 bits per heavy atom. The fraction of sp³-hybridized carbons (Fsp3) is 0.118. The van der Waals surface area contributed by atoms with Gasteiger partial charge in [-0.15, -0.1) is 21.1 Å². The van der Waals surface area contributed by atoms with Crippen molar-refractivity contribution in [3.8, 4) is 11.3 Å². The highest BCUT2D eigenvalue weighted by Crippen LogP contribution is 2.19. The number of nitrogen functional groups attached to an aromatic ring is 1. The predicted octanol–water partition coefficient (Wildman–Crippen LogP) is 2.03. The van der Waals surface area contributed by atoms with E-state index in [1.165, 1.54) is 4.68 Å². The summed E-state index contributed by atoms with van der Waals surface area (Å²) in [6.45, 7) is 0. The average Bonchev–Trinajstić information content (AvgIpc) is 3.23. The van der Waals surface area contributed by atoms with E-state index in [9.17, 15) is 0 Å². The van der Waals surface area contributed by atoms with Gasteiger partial charge in [0, 0.05) is 24.9 Å². The van der Waals surface area contributed by atoms with Crippen LogP contribution in [0.3, 0.4) is 0 Å². The number of rotatable bonds is 3. The van der Waals surface area contributed by atoms with Crippen LogP contribution in [0.15, 0.2) is 48.2 Å². The summed E-state index contributed by atoms with van der Waals surface area (Å²) in [5, 5.41) is 17.1. The lowest BCUT2D eigenvalue weighted by molar-refractivity contribution is -0.608. The number of benzene rings is 1. The molecule has 124 valence electrons. The van der Waals surface area contributed by atoms with Gasteiger partial charge in [0.15, 0.2) is 0 Å². The minimum Gasteiger partial charge on any atom is -0.317 e. The Balaban J connectivity index is 1.64. The molecule has 0 radical (unpaired) electrons. The van der Waals surface area contributed by atoms with Gasteiger partial charge in [-0.1, -0.05) is 6.07 Å². The van der Waals surface area contributed by atoms with E-state index in [1.807, 2.05) is 37.0 Å². The molecule has 3 N–H and O–H groups in total. The molecular formula is C17H16N7S+. The Hall–Kier alpha value is -3.13. The van der Waals surface area contributed by atoms with Crippen LogP contribution in [-0.2, 0) is 13.5 Å². The number of aryl methyl sites for hydroxylation is 1. The number of fused-ring (bicyclic) bond motifs is 1. The molecule has 1 aromatic carbocycles. The van der Waals surface area contributed by atoms with Gasteiger partial charge in [-0.3, -0.25) is 4.68 Å². The molecule has 4 rings (SSSR count). The number of hydrogen-bond acceptors (Lipinski definition) is 6. The Kier molecular flexibility index (Phi) is 3.73. The van der Waals surface area contributed by atoms with Crippen molar-refractivity contribution >= 4 is 33.2 Å². The first-order chi connectivity index (χ1) is 12.1. The standard InChI is InChI=1S/C17H15N7S/c1-23-9-12(8-21-23)13-4-5-16(18)24(22-13)17(19)7-11-2-3-14-15(6-11)25-10-20-14/h2-6,8-10,18-19H,7H2,1H3/p+1. The van der Waals surface area contributed by atoms with Crippen molar-refractivity contribution in [2.45, 2.75) is 6.42 Å². The second kappa shape index (κ2) is 6.06. The van der Waals surface area contributed by atoms with Crippen LogP contribution in [0.5, 0.6) is 0 Å². The largest absolute Gasteiger partial charge is 0.317 e. The number of aromatic nitrogens is 5. The maximum Gasteiger partial charge on any atom is 0.258 e. The summed E-state index contributed by atoms with van der Waals surface area (Å²) in [6, 6.07) is 9.61. The van der Waals surface area contributed by atoms with Gasteiger partial charge in [-0.05, 0) is 23.8 Å². The minimum absolute atomic E-state index is 0.312. The van der Waals surface area contributed by atoms with E-state index in [0.29, 0.717) is 18.1 Å². The second-order valence-corrected chi connectivity index (χ2v) is 6.62. The lowest BCUT2D eigenvalue weighted by Crippen LogP contribution is -2.49. The number of anilines is 1. The summed E-state index contributed by atoms with van der Waals surface area (Å²) < 4.78 is 4.30. The van der Waals surface area contributed by atoms with Gasteiger partial charge in [0.1, 0.15) is 5.69 Å². The van der Waals surface area contributed by atoms with Crippen molar-refractivity contribution in [1.82, 2.24) is 19.9 Å². The van der Waals surface area contributed by atoms with Crippen LogP contribution in [-0.4, -0.2) is 25.7 Å². The molecule has 3 heterocycles. The number of hydrogen-bond donors (Lipinski definition) is 2. The van der Waals surface area contributed by atoms with Crippen molar-refractivity contribution in [2.75, 3.05) is 5.73 Å². The zero-order chi connectivity index (χ0) is 17.4. The molecule has 7 nitrogen and oxygen atoms in total. The van der Waals surface area contributed by atoms with E-state index < -0.39 is 0 Å². The predicted molar refractivity (Wildman–Crippen MR) is 97.5 cm³/mol. The Morgan fingerprint density at radius 1 is 1.32 bits per heavy atom. The number of thiazole rings is 1. The van der Waals surface area contributed by atoms with Crippen LogP contribution in [0, 0.1) is 5.41 Å². The van der Waals surface area contributed by atoms with Crippen LogP contribution in [0.1, 0.15) is 5.56 Å². The van der Waals surface area contributed by atoms with Gasteiger partial charge in [-0.2, -0.15) is 10.5 Å². The third-order valence-corrected chi connectivity index (χ3v) is 4.68. The average molecular weight is 350 g/mol. The topological polar surface area (TPSA) is 97.3 Å². The normalized spacial score (nSPS) is 11.1. The first-order valence-electron chi connectivity index (χ1n) is 7.68.